The normalized spacial score (nSPS) is 21.4. The van der Waals surface area contributed by atoms with Gasteiger partial charge in [-0.15, -0.1) is 0 Å². The van der Waals surface area contributed by atoms with Gasteiger partial charge in [-0.2, -0.15) is 0 Å². The third-order valence-electron chi connectivity index (χ3n) is 8.82. The first-order chi connectivity index (χ1) is 20.4. The number of benzene rings is 3. The van der Waals surface area contributed by atoms with Gasteiger partial charge < -0.3 is 19.7 Å². The van der Waals surface area contributed by atoms with Crippen LogP contribution in [-0.2, 0) is 16.8 Å². The average molecular weight is 586 g/mol. The average Bonchev–Trinajstić information content (AvgIpc) is 3.84. The van der Waals surface area contributed by atoms with Gasteiger partial charge in [0.2, 0.25) is 0 Å². The van der Waals surface area contributed by atoms with Crippen LogP contribution in [0.15, 0.2) is 78.4 Å². The van der Waals surface area contributed by atoms with E-state index >= 15 is 0 Å². The first-order valence-corrected chi connectivity index (χ1v) is 15.5. The van der Waals surface area contributed by atoms with Crippen molar-refractivity contribution in [2.75, 3.05) is 32.8 Å². The number of carbonyl (C=O) groups is 1. The molecule has 2 bridgehead atoms. The fourth-order valence-electron chi connectivity index (χ4n) is 6.09. The van der Waals surface area contributed by atoms with Gasteiger partial charge in [0.25, 0.3) is 5.91 Å². The summed E-state index contributed by atoms with van der Waals surface area (Å²) in [6.45, 7) is 7.24. The number of fused-ring (bicyclic) bond motifs is 2. The van der Waals surface area contributed by atoms with E-state index in [2.05, 4.69) is 58.0 Å². The second kappa shape index (κ2) is 12.5. The Morgan fingerprint density at radius 3 is 2.50 bits per heavy atom. The lowest BCUT2D eigenvalue weighted by molar-refractivity contribution is -0.128. The van der Waals surface area contributed by atoms with Crippen molar-refractivity contribution < 1.29 is 14.3 Å². The fraction of sp³-hybridized carbons (Fsp3) is 0.400. The molecule has 7 heteroatoms. The molecule has 2 unspecified atom stereocenters. The van der Waals surface area contributed by atoms with Crippen molar-refractivity contribution in [2.45, 2.75) is 57.2 Å². The molecular formula is C35H40ClN3O3. The summed E-state index contributed by atoms with van der Waals surface area (Å²) in [5.74, 6) is 1.67. The first-order valence-electron chi connectivity index (χ1n) is 15.1. The summed E-state index contributed by atoms with van der Waals surface area (Å²) >= 11 is 6.32. The highest BCUT2D eigenvalue weighted by Crippen LogP contribution is 2.36. The monoisotopic (exact) mass is 585 g/mol. The zero-order valence-corrected chi connectivity index (χ0v) is 25.3. The van der Waals surface area contributed by atoms with Gasteiger partial charge in [0.15, 0.2) is 0 Å². The van der Waals surface area contributed by atoms with Crippen LogP contribution in [-0.4, -0.2) is 55.7 Å². The molecule has 6 rings (SSSR count). The molecule has 0 spiro atoms. The Kier molecular flexibility index (Phi) is 8.57. The molecule has 2 fully saturated rings. The van der Waals surface area contributed by atoms with E-state index in [1.54, 1.807) is 0 Å². The number of nitrogens with zero attached hydrogens (tertiary/aromatic N) is 1. The summed E-state index contributed by atoms with van der Waals surface area (Å²) in [4.78, 5) is 15.9. The Bertz CT molecular complexity index is 1440. The van der Waals surface area contributed by atoms with E-state index in [1.807, 2.05) is 44.2 Å². The van der Waals surface area contributed by atoms with E-state index < -0.39 is 0 Å². The third kappa shape index (κ3) is 6.36. The van der Waals surface area contributed by atoms with Crippen molar-refractivity contribution in [3.8, 4) is 11.5 Å². The zero-order chi connectivity index (χ0) is 29.1. The van der Waals surface area contributed by atoms with Gasteiger partial charge >= 0.3 is 0 Å². The van der Waals surface area contributed by atoms with Crippen LogP contribution in [0.4, 0.5) is 0 Å². The summed E-state index contributed by atoms with van der Waals surface area (Å²) in [5, 5.41) is 8.08. The number of piperazine rings is 1. The molecule has 42 heavy (non-hydrogen) atoms. The molecule has 0 aromatic heterocycles. The minimum absolute atomic E-state index is 0.0108. The van der Waals surface area contributed by atoms with E-state index in [1.165, 1.54) is 11.1 Å². The van der Waals surface area contributed by atoms with Gasteiger partial charge in [-0.05, 0) is 86.1 Å². The predicted molar refractivity (Wildman–Crippen MR) is 167 cm³/mol. The number of amides is 1. The number of hydrogen-bond donors (Lipinski definition) is 2. The highest BCUT2D eigenvalue weighted by Gasteiger charge is 2.44. The lowest BCUT2D eigenvalue weighted by Crippen LogP contribution is -2.65. The maximum absolute atomic E-state index is 13.8. The zero-order valence-electron chi connectivity index (χ0n) is 24.5. The molecule has 0 radical (unpaired) electrons. The topological polar surface area (TPSA) is 62.8 Å². The van der Waals surface area contributed by atoms with Crippen molar-refractivity contribution in [3.05, 3.63) is 106 Å². The van der Waals surface area contributed by atoms with Crippen LogP contribution in [0.5, 0.6) is 11.5 Å². The molecule has 6 nitrogen and oxygen atoms in total. The lowest BCUT2D eigenvalue weighted by Gasteiger charge is -2.47. The largest absolute Gasteiger partial charge is 0.490 e. The van der Waals surface area contributed by atoms with Gasteiger partial charge in [0, 0.05) is 31.2 Å². The van der Waals surface area contributed by atoms with Crippen molar-refractivity contribution in [1.82, 2.24) is 15.5 Å². The minimum atomic E-state index is -0.247. The van der Waals surface area contributed by atoms with Crippen LogP contribution in [0.3, 0.4) is 0 Å². The second-order valence-corrected chi connectivity index (χ2v) is 12.2. The SMILES string of the molecule is Cc1cc(Cl)c(OCCOc2ccc(C34CC=C(C(=O)N(CCc5ccccc5)C5CC5)C(CNC3)N4)cc2)cc1C. The maximum Gasteiger partial charge on any atom is 0.251 e. The van der Waals surface area contributed by atoms with Gasteiger partial charge in [0.05, 0.1) is 16.6 Å². The Hall–Kier alpha value is -3.32. The van der Waals surface area contributed by atoms with Crippen LogP contribution in [0.1, 0.15) is 41.5 Å². The summed E-state index contributed by atoms with van der Waals surface area (Å²) < 4.78 is 11.8. The van der Waals surface area contributed by atoms with Gasteiger partial charge in [0.1, 0.15) is 24.7 Å². The molecule has 1 amide bonds. The van der Waals surface area contributed by atoms with Crippen LogP contribution in [0.25, 0.3) is 0 Å². The van der Waals surface area contributed by atoms with Gasteiger partial charge in [-0.3, -0.25) is 10.1 Å². The van der Waals surface area contributed by atoms with E-state index in [0.29, 0.717) is 30.0 Å². The summed E-state index contributed by atoms with van der Waals surface area (Å²) in [5.41, 5.74) is 5.42. The Morgan fingerprint density at radius 2 is 1.74 bits per heavy atom. The molecule has 2 N–H and O–H groups in total. The fourth-order valence-corrected chi connectivity index (χ4v) is 6.37. The quantitative estimate of drug-likeness (QED) is 0.281. The molecule has 1 aliphatic carbocycles. The van der Waals surface area contributed by atoms with E-state index in [-0.39, 0.29) is 17.5 Å². The number of ether oxygens (including phenoxy) is 2. The van der Waals surface area contributed by atoms with Crippen LogP contribution in [0.2, 0.25) is 5.02 Å². The smallest absolute Gasteiger partial charge is 0.251 e. The van der Waals surface area contributed by atoms with E-state index in [9.17, 15) is 4.79 Å². The van der Waals surface area contributed by atoms with E-state index in [4.69, 9.17) is 21.1 Å². The number of halogens is 1. The highest BCUT2D eigenvalue weighted by molar-refractivity contribution is 6.32. The Balaban J connectivity index is 1.07. The molecule has 2 aliphatic heterocycles. The van der Waals surface area contributed by atoms with Crippen LogP contribution in [0, 0.1) is 13.8 Å². The first kappa shape index (κ1) is 28.8. The van der Waals surface area contributed by atoms with Gasteiger partial charge in [-0.1, -0.05) is 60.1 Å². The highest BCUT2D eigenvalue weighted by atomic mass is 35.5. The molecule has 220 valence electrons. The molecule has 2 heterocycles. The van der Waals surface area contributed by atoms with E-state index in [0.717, 1.165) is 67.8 Å². The molecule has 2 atom stereocenters. The third-order valence-corrected chi connectivity index (χ3v) is 9.11. The molecule has 1 saturated heterocycles. The van der Waals surface area contributed by atoms with Crippen molar-refractivity contribution in [3.63, 3.8) is 0 Å². The molecule has 3 aliphatic rings. The number of hydrogen-bond acceptors (Lipinski definition) is 5. The number of rotatable bonds is 11. The number of nitrogens with one attached hydrogen (secondary N) is 2. The van der Waals surface area contributed by atoms with Crippen molar-refractivity contribution in [1.29, 1.82) is 0 Å². The number of aryl methyl sites for hydroxylation is 2. The lowest BCUT2D eigenvalue weighted by atomic mass is 9.78. The Labute approximate surface area is 254 Å². The van der Waals surface area contributed by atoms with Gasteiger partial charge in [-0.25, -0.2) is 0 Å². The molecule has 3 aromatic rings. The van der Waals surface area contributed by atoms with Crippen LogP contribution >= 0.6 is 11.6 Å². The molecular weight excluding hydrogens is 546 g/mol. The standard InChI is InChI=1S/C35H40ClN3O3/c1-24-20-31(36)33(21-25(24)2)42-19-18-41-29-12-8-27(9-13-29)35-16-14-30(32(38-35)22-37-23-35)34(40)39(28-10-11-28)17-15-26-6-4-3-5-7-26/h3-9,12-14,20-21,28,32,37-38H,10-11,15-19,22-23H2,1-2H3. The molecule has 1 saturated carbocycles. The summed E-state index contributed by atoms with van der Waals surface area (Å²) in [7, 11) is 0. The predicted octanol–water partition coefficient (Wildman–Crippen LogP) is 5.74. The summed E-state index contributed by atoms with van der Waals surface area (Å²) in [6.07, 6.45) is 6.06. The minimum Gasteiger partial charge on any atom is -0.490 e. The summed E-state index contributed by atoms with van der Waals surface area (Å²) in [6, 6.07) is 23.0. The van der Waals surface area contributed by atoms with Crippen molar-refractivity contribution >= 4 is 17.5 Å². The second-order valence-electron chi connectivity index (χ2n) is 11.8. The Morgan fingerprint density at radius 1 is 1.00 bits per heavy atom. The van der Waals surface area contributed by atoms with Crippen molar-refractivity contribution in [2.24, 2.45) is 0 Å². The van der Waals surface area contributed by atoms with Crippen LogP contribution < -0.4 is 20.1 Å². The number of carbonyl (C=O) groups excluding carboxylic acids is 1. The maximum atomic E-state index is 13.8. The molecule has 3 aromatic carbocycles.